The molecule has 1 atom stereocenters. The smallest absolute Gasteiger partial charge is 0.331 e. The summed E-state index contributed by atoms with van der Waals surface area (Å²) in [6.45, 7) is 1.42. The van der Waals surface area contributed by atoms with Gasteiger partial charge in [-0.2, -0.15) is 5.10 Å². The number of piperidine rings is 1. The van der Waals surface area contributed by atoms with Gasteiger partial charge >= 0.3 is 6.03 Å². The Labute approximate surface area is 125 Å². The van der Waals surface area contributed by atoms with Crippen molar-refractivity contribution in [3.05, 3.63) is 35.0 Å². The van der Waals surface area contributed by atoms with E-state index < -0.39 is 0 Å². The molecule has 0 saturated carbocycles. The Morgan fingerprint density at radius 3 is 3.00 bits per heavy atom. The van der Waals surface area contributed by atoms with Crippen LogP contribution in [0.4, 0.5) is 10.5 Å². The number of nitrogens with zero attached hydrogens (tertiary/aromatic N) is 4. The molecule has 2 radical (unpaired) electrons. The quantitative estimate of drug-likeness (QED) is 0.613. The van der Waals surface area contributed by atoms with Crippen LogP contribution in [0.1, 0.15) is 18.4 Å². The van der Waals surface area contributed by atoms with Gasteiger partial charge in [0.25, 0.3) is 0 Å². The fourth-order valence-corrected chi connectivity index (χ4v) is 2.70. The average Bonchev–Trinajstić information content (AvgIpc) is 2.50. The van der Waals surface area contributed by atoms with E-state index in [9.17, 15) is 10.0 Å². The van der Waals surface area contributed by atoms with Gasteiger partial charge in [-0.15, -0.1) is 0 Å². The van der Waals surface area contributed by atoms with Crippen LogP contribution in [0.15, 0.2) is 29.4 Å². The molecule has 0 aliphatic carbocycles. The summed E-state index contributed by atoms with van der Waals surface area (Å²) in [6, 6.07) is 7.12. The third kappa shape index (κ3) is 2.93. The normalized spacial score (nSPS) is 23.7. The minimum atomic E-state index is -0.361. The van der Waals surface area contributed by atoms with Gasteiger partial charge in [0.15, 0.2) is 0 Å². The summed E-state index contributed by atoms with van der Waals surface area (Å²) in [7, 11) is 5.82. The second-order valence-corrected chi connectivity index (χ2v) is 5.39. The van der Waals surface area contributed by atoms with E-state index >= 15 is 0 Å². The number of hydrogen-bond donors (Lipinski definition) is 0. The summed E-state index contributed by atoms with van der Waals surface area (Å²) in [4.78, 5) is 13.3. The predicted molar refractivity (Wildman–Crippen MR) is 81.8 cm³/mol. The molecular formula is C14H16BN4O2-. The van der Waals surface area contributed by atoms with Gasteiger partial charge in [0, 0.05) is 17.8 Å². The molecule has 0 aromatic heterocycles. The van der Waals surface area contributed by atoms with E-state index in [2.05, 4.69) is 5.10 Å². The highest BCUT2D eigenvalue weighted by Crippen LogP contribution is 2.27. The van der Waals surface area contributed by atoms with Crippen molar-refractivity contribution in [1.82, 2.24) is 10.1 Å². The van der Waals surface area contributed by atoms with Crippen LogP contribution >= 0.6 is 0 Å². The third-order valence-electron chi connectivity index (χ3n) is 3.84. The summed E-state index contributed by atoms with van der Waals surface area (Å²) < 4.78 is 0. The highest BCUT2D eigenvalue weighted by Gasteiger charge is 2.26. The first-order valence-corrected chi connectivity index (χ1v) is 7.05. The van der Waals surface area contributed by atoms with Crippen molar-refractivity contribution in [2.24, 2.45) is 11.0 Å². The van der Waals surface area contributed by atoms with Crippen molar-refractivity contribution >= 4 is 25.9 Å². The standard InChI is InChI=1S/C14H16BN4O2/c15-19-13-6-2-1-5-12(13)10-18(14(19)20)16-8-11-4-3-7-17(21)9-11/h1-2,5-6,8,11H,3-4,7,9-10H2/q-1/b16-8+. The number of carbonyl (C=O) groups excluding carboxylic acids is 1. The van der Waals surface area contributed by atoms with Crippen LogP contribution in [0, 0.1) is 11.1 Å². The topological polar surface area (TPSA) is 62.2 Å². The van der Waals surface area contributed by atoms with Crippen LogP contribution < -0.4 is 4.81 Å². The van der Waals surface area contributed by atoms with Crippen molar-refractivity contribution in [2.45, 2.75) is 19.4 Å². The van der Waals surface area contributed by atoms with E-state index in [0.717, 1.165) is 28.3 Å². The molecule has 0 bridgehead atoms. The lowest BCUT2D eigenvalue weighted by Crippen LogP contribution is -2.43. The molecule has 2 amide bonds. The fraction of sp³-hybridized carbons (Fsp3) is 0.429. The summed E-state index contributed by atoms with van der Waals surface area (Å²) in [5.41, 5.74) is 1.66. The van der Waals surface area contributed by atoms with Gasteiger partial charge in [-0.3, -0.25) is 0 Å². The molecule has 1 aromatic rings. The maximum Gasteiger partial charge on any atom is 0.331 e. The summed E-state index contributed by atoms with van der Waals surface area (Å²) >= 11 is 0. The SMILES string of the molecule is [B]N1C(=O)N(/N=C/C2CCCN([O-])C2)Cc2ccccc21. The van der Waals surface area contributed by atoms with Crippen LogP contribution in [0.25, 0.3) is 0 Å². The maximum absolute atomic E-state index is 12.2. The number of carbonyl (C=O) groups is 1. The number of rotatable bonds is 2. The summed E-state index contributed by atoms with van der Waals surface area (Å²) in [5.74, 6) is 0.0902. The van der Waals surface area contributed by atoms with E-state index in [4.69, 9.17) is 7.98 Å². The monoisotopic (exact) mass is 283 g/mol. The molecule has 2 aliphatic heterocycles. The zero-order valence-corrected chi connectivity index (χ0v) is 11.7. The molecule has 108 valence electrons. The Hall–Kier alpha value is -1.86. The first kappa shape index (κ1) is 14.1. The number of hydroxylamine groups is 2. The molecule has 6 nitrogen and oxygen atoms in total. The molecule has 0 spiro atoms. The Morgan fingerprint density at radius 2 is 2.19 bits per heavy atom. The number of benzene rings is 1. The number of para-hydroxylation sites is 1. The lowest BCUT2D eigenvalue weighted by molar-refractivity contribution is 0.205. The first-order valence-electron chi connectivity index (χ1n) is 7.05. The number of hydrogen-bond acceptors (Lipinski definition) is 4. The highest BCUT2D eigenvalue weighted by atomic mass is 16.5. The second-order valence-electron chi connectivity index (χ2n) is 5.39. The molecule has 2 aliphatic rings. The van der Waals surface area contributed by atoms with Crippen LogP contribution in [0.5, 0.6) is 0 Å². The number of anilines is 1. The van der Waals surface area contributed by atoms with Crippen molar-refractivity contribution in [3.8, 4) is 0 Å². The largest absolute Gasteiger partial charge is 0.785 e. The lowest BCUT2D eigenvalue weighted by atomic mass is 10.0. The Bertz CT molecular complexity index is 566. The van der Waals surface area contributed by atoms with Crippen LogP contribution in [-0.2, 0) is 6.54 Å². The molecule has 2 heterocycles. The molecule has 1 unspecified atom stereocenters. The van der Waals surface area contributed by atoms with Crippen molar-refractivity contribution in [2.75, 3.05) is 17.9 Å². The van der Waals surface area contributed by atoms with Gasteiger partial charge in [0.1, 0.15) is 0 Å². The minimum Gasteiger partial charge on any atom is -0.785 e. The number of amides is 2. The van der Waals surface area contributed by atoms with E-state index in [1.807, 2.05) is 24.3 Å². The fourth-order valence-electron chi connectivity index (χ4n) is 2.70. The number of hydrazone groups is 1. The average molecular weight is 283 g/mol. The molecule has 7 heteroatoms. The molecule has 0 N–H and O–H groups in total. The molecule has 1 fully saturated rings. The highest BCUT2D eigenvalue weighted by molar-refractivity contribution is 6.31. The Morgan fingerprint density at radius 1 is 1.38 bits per heavy atom. The molecule has 1 saturated heterocycles. The zero-order valence-electron chi connectivity index (χ0n) is 11.7. The predicted octanol–water partition coefficient (Wildman–Crippen LogP) is 1.71. The molecule has 21 heavy (non-hydrogen) atoms. The first-order chi connectivity index (χ1) is 10.1. The van der Waals surface area contributed by atoms with Gasteiger partial charge < -0.3 is 15.1 Å². The summed E-state index contributed by atoms with van der Waals surface area (Å²) in [5, 5.41) is 18.0. The van der Waals surface area contributed by atoms with Crippen molar-refractivity contribution in [1.29, 1.82) is 0 Å². The molecule has 3 rings (SSSR count). The molecular weight excluding hydrogens is 267 g/mol. The van der Waals surface area contributed by atoms with E-state index in [0.29, 0.717) is 25.3 Å². The van der Waals surface area contributed by atoms with Crippen LogP contribution in [0.2, 0.25) is 0 Å². The van der Waals surface area contributed by atoms with Gasteiger partial charge in [-0.05, 0) is 37.6 Å². The van der Waals surface area contributed by atoms with Gasteiger partial charge in [0.2, 0.25) is 7.98 Å². The lowest BCUT2D eigenvalue weighted by Gasteiger charge is -2.36. The van der Waals surface area contributed by atoms with Gasteiger partial charge in [0.05, 0.1) is 6.54 Å². The maximum atomic E-state index is 12.2. The summed E-state index contributed by atoms with van der Waals surface area (Å²) in [6.07, 6.45) is 3.48. The number of fused-ring (bicyclic) bond motifs is 1. The van der Waals surface area contributed by atoms with Gasteiger partial charge in [-0.1, -0.05) is 18.2 Å². The van der Waals surface area contributed by atoms with Crippen molar-refractivity contribution < 1.29 is 4.79 Å². The molecule has 1 aromatic carbocycles. The van der Waals surface area contributed by atoms with E-state index in [1.165, 1.54) is 5.01 Å². The van der Waals surface area contributed by atoms with Crippen LogP contribution in [0.3, 0.4) is 0 Å². The second kappa shape index (κ2) is 5.87. The van der Waals surface area contributed by atoms with E-state index in [1.54, 1.807) is 6.21 Å². The third-order valence-corrected chi connectivity index (χ3v) is 3.84. The van der Waals surface area contributed by atoms with Crippen LogP contribution in [-0.4, -0.2) is 43.4 Å². The Balaban J connectivity index is 1.73. The Kier molecular flexibility index (Phi) is 3.94. The minimum absolute atomic E-state index is 0.0902. The number of urea groups is 1. The zero-order chi connectivity index (χ0) is 14.8. The van der Waals surface area contributed by atoms with E-state index in [-0.39, 0.29) is 11.9 Å². The van der Waals surface area contributed by atoms with Gasteiger partial charge in [-0.25, -0.2) is 9.80 Å². The van der Waals surface area contributed by atoms with Crippen molar-refractivity contribution in [3.63, 3.8) is 0 Å².